The van der Waals surface area contributed by atoms with Crippen LogP contribution in [0.5, 0.6) is 0 Å². The largest absolute Gasteiger partial charge is 0.301 e. The third-order valence-corrected chi connectivity index (χ3v) is 4.42. The number of rotatable bonds is 5. The minimum atomic E-state index is -0.191. The molecule has 1 aromatic carbocycles. The van der Waals surface area contributed by atoms with Crippen LogP contribution in [0.25, 0.3) is 0 Å². The lowest BCUT2D eigenvalue weighted by Crippen LogP contribution is -2.24. The van der Waals surface area contributed by atoms with Crippen LogP contribution in [0.1, 0.15) is 42.9 Å². The molecule has 2 rings (SSSR count). The molecule has 2 atom stereocenters. The summed E-state index contributed by atoms with van der Waals surface area (Å²) < 4.78 is 14.7. The molecule has 0 radical (unpaired) electrons. The Morgan fingerprint density at radius 2 is 2.26 bits per heavy atom. The molecule has 19 heavy (non-hydrogen) atoms. The molecule has 0 fully saturated rings. The number of benzene rings is 1. The normalized spacial score (nSPS) is 14.3. The molecule has 0 bridgehead atoms. The second kappa shape index (κ2) is 6.59. The summed E-state index contributed by atoms with van der Waals surface area (Å²) in [6.45, 7) is 4.08. The fraction of sp³-hybridized carbons (Fsp3) is 0.357. The van der Waals surface area contributed by atoms with Crippen LogP contribution in [0, 0.1) is 5.82 Å². The molecule has 2 unspecified atom stereocenters. The average Bonchev–Trinajstić information content (AvgIpc) is 2.89. The predicted molar refractivity (Wildman–Crippen MR) is 80.8 cm³/mol. The molecule has 1 heterocycles. The number of thiazole rings is 1. The van der Waals surface area contributed by atoms with E-state index in [1.165, 1.54) is 6.07 Å². The Morgan fingerprint density at radius 1 is 1.47 bits per heavy atom. The molecular weight excluding hydrogens is 327 g/mol. The van der Waals surface area contributed by atoms with Crippen LogP contribution in [0.2, 0.25) is 0 Å². The van der Waals surface area contributed by atoms with Gasteiger partial charge in [0.25, 0.3) is 0 Å². The van der Waals surface area contributed by atoms with Gasteiger partial charge in [0.05, 0.1) is 6.04 Å². The minimum Gasteiger partial charge on any atom is -0.301 e. The van der Waals surface area contributed by atoms with Crippen molar-refractivity contribution < 1.29 is 4.39 Å². The van der Waals surface area contributed by atoms with Crippen molar-refractivity contribution in [3.05, 3.63) is 50.6 Å². The summed E-state index contributed by atoms with van der Waals surface area (Å²) in [6.07, 6.45) is 2.73. The minimum absolute atomic E-state index is 0.0538. The number of hydrogen-bond donors (Lipinski definition) is 1. The summed E-state index contributed by atoms with van der Waals surface area (Å²) in [5.41, 5.74) is 0.679. The first kappa shape index (κ1) is 14.6. The third-order valence-electron chi connectivity index (χ3n) is 3.04. The molecule has 0 aliphatic heterocycles. The smallest absolute Gasteiger partial charge is 0.129 e. The maximum absolute atomic E-state index is 13.9. The van der Waals surface area contributed by atoms with Gasteiger partial charge in [-0.1, -0.05) is 28.9 Å². The van der Waals surface area contributed by atoms with E-state index in [1.807, 2.05) is 24.4 Å². The van der Waals surface area contributed by atoms with E-state index in [9.17, 15) is 4.39 Å². The molecule has 0 saturated carbocycles. The van der Waals surface area contributed by atoms with Crippen LogP contribution in [0.4, 0.5) is 4.39 Å². The molecule has 102 valence electrons. The first-order valence-electron chi connectivity index (χ1n) is 6.22. The first-order valence-corrected chi connectivity index (χ1v) is 7.89. The van der Waals surface area contributed by atoms with Gasteiger partial charge in [-0.2, -0.15) is 0 Å². The highest BCUT2D eigenvalue weighted by molar-refractivity contribution is 9.10. The zero-order valence-corrected chi connectivity index (χ0v) is 13.3. The van der Waals surface area contributed by atoms with Gasteiger partial charge in [-0.3, -0.25) is 0 Å². The Morgan fingerprint density at radius 3 is 2.84 bits per heavy atom. The molecule has 0 aliphatic rings. The van der Waals surface area contributed by atoms with E-state index in [0.717, 1.165) is 15.9 Å². The van der Waals surface area contributed by atoms with Gasteiger partial charge in [0.1, 0.15) is 10.8 Å². The monoisotopic (exact) mass is 342 g/mol. The third kappa shape index (κ3) is 3.61. The van der Waals surface area contributed by atoms with E-state index in [-0.39, 0.29) is 17.9 Å². The second-order valence-electron chi connectivity index (χ2n) is 4.39. The van der Waals surface area contributed by atoms with E-state index < -0.39 is 0 Å². The Hall–Kier alpha value is -0.780. The zero-order chi connectivity index (χ0) is 13.8. The van der Waals surface area contributed by atoms with Crippen molar-refractivity contribution in [3.8, 4) is 0 Å². The van der Waals surface area contributed by atoms with Crippen molar-refractivity contribution in [2.45, 2.75) is 32.4 Å². The molecule has 1 N–H and O–H groups in total. The van der Waals surface area contributed by atoms with Gasteiger partial charge in [0.15, 0.2) is 0 Å². The van der Waals surface area contributed by atoms with Crippen LogP contribution in [-0.4, -0.2) is 4.98 Å². The fourth-order valence-corrected chi connectivity index (χ4v) is 3.13. The van der Waals surface area contributed by atoms with Crippen molar-refractivity contribution in [2.24, 2.45) is 0 Å². The van der Waals surface area contributed by atoms with E-state index in [1.54, 1.807) is 17.5 Å². The number of hydrogen-bond acceptors (Lipinski definition) is 3. The fourth-order valence-electron chi connectivity index (χ4n) is 2.01. The summed E-state index contributed by atoms with van der Waals surface area (Å²) in [7, 11) is 0. The zero-order valence-electron chi connectivity index (χ0n) is 10.9. The Labute approximate surface area is 125 Å². The summed E-state index contributed by atoms with van der Waals surface area (Å²) in [6, 6.07) is 5.28. The summed E-state index contributed by atoms with van der Waals surface area (Å²) >= 11 is 4.90. The van der Waals surface area contributed by atoms with Crippen molar-refractivity contribution in [3.63, 3.8) is 0 Å². The van der Waals surface area contributed by atoms with Gasteiger partial charge in [-0.05, 0) is 25.5 Å². The summed E-state index contributed by atoms with van der Waals surface area (Å²) in [4.78, 5) is 4.33. The van der Waals surface area contributed by atoms with Crippen LogP contribution in [0.15, 0.2) is 34.2 Å². The van der Waals surface area contributed by atoms with Crippen LogP contribution in [0.3, 0.4) is 0 Å². The van der Waals surface area contributed by atoms with Crippen LogP contribution < -0.4 is 5.32 Å². The maximum atomic E-state index is 13.9. The van der Waals surface area contributed by atoms with Gasteiger partial charge in [-0.15, -0.1) is 11.3 Å². The van der Waals surface area contributed by atoms with Gasteiger partial charge in [-0.25, -0.2) is 9.37 Å². The lowest BCUT2D eigenvalue weighted by atomic mass is 10.1. The van der Waals surface area contributed by atoms with Crippen molar-refractivity contribution >= 4 is 27.3 Å². The molecular formula is C14H16BrFN2S. The van der Waals surface area contributed by atoms with Gasteiger partial charge >= 0.3 is 0 Å². The number of aromatic nitrogens is 1. The van der Waals surface area contributed by atoms with Crippen molar-refractivity contribution in [2.75, 3.05) is 0 Å². The van der Waals surface area contributed by atoms with Gasteiger partial charge in [0, 0.05) is 27.7 Å². The van der Waals surface area contributed by atoms with E-state index in [2.05, 4.69) is 33.2 Å². The highest BCUT2D eigenvalue weighted by Crippen LogP contribution is 2.26. The first-order chi connectivity index (χ1) is 9.11. The van der Waals surface area contributed by atoms with Gasteiger partial charge in [0.2, 0.25) is 0 Å². The Bertz CT molecular complexity index is 530. The number of halogens is 2. The van der Waals surface area contributed by atoms with Crippen molar-refractivity contribution in [1.82, 2.24) is 10.3 Å². The molecule has 2 nitrogen and oxygen atoms in total. The summed E-state index contributed by atoms with van der Waals surface area (Å²) in [5.74, 6) is -0.191. The van der Waals surface area contributed by atoms with E-state index >= 15 is 0 Å². The molecule has 1 aromatic heterocycles. The molecule has 0 spiro atoms. The maximum Gasteiger partial charge on any atom is 0.129 e. The molecule has 0 aliphatic carbocycles. The standard InChI is InChI=1S/C14H16BrFN2S/c1-3-13(14-17-6-7-19-14)18-9(2)11-5-4-10(15)8-12(11)16/h4-9,13,18H,3H2,1-2H3. The highest BCUT2D eigenvalue weighted by atomic mass is 79.9. The van der Waals surface area contributed by atoms with Crippen LogP contribution >= 0.6 is 27.3 Å². The molecule has 0 saturated heterocycles. The van der Waals surface area contributed by atoms with E-state index in [4.69, 9.17) is 0 Å². The van der Waals surface area contributed by atoms with Gasteiger partial charge < -0.3 is 5.32 Å². The molecule has 0 amide bonds. The van der Waals surface area contributed by atoms with E-state index in [0.29, 0.717) is 5.56 Å². The Balaban J connectivity index is 2.13. The highest BCUT2D eigenvalue weighted by Gasteiger charge is 2.18. The van der Waals surface area contributed by atoms with Crippen LogP contribution in [-0.2, 0) is 0 Å². The van der Waals surface area contributed by atoms with Crippen molar-refractivity contribution in [1.29, 1.82) is 0 Å². The quantitative estimate of drug-likeness (QED) is 0.840. The SMILES string of the molecule is CCC(NC(C)c1ccc(Br)cc1F)c1nccs1. The topological polar surface area (TPSA) is 24.9 Å². The lowest BCUT2D eigenvalue weighted by Gasteiger charge is -2.21. The lowest BCUT2D eigenvalue weighted by molar-refractivity contribution is 0.441. The average molecular weight is 343 g/mol. The molecule has 2 aromatic rings. The molecule has 5 heteroatoms. The number of nitrogens with zero attached hydrogens (tertiary/aromatic N) is 1. The number of nitrogens with one attached hydrogen (secondary N) is 1. The predicted octanol–water partition coefficient (Wildman–Crippen LogP) is 4.85. The summed E-state index contributed by atoms with van der Waals surface area (Å²) in [5, 5.41) is 6.45. The Kier molecular flexibility index (Phi) is 5.07. The second-order valence-corrected chi connectivity index (χ2v) is 6.23.